The Labute approximate surface area is 189 Å². The number of nitrogens with zero attached hydrogens (tertiary/aromatic N) is 1. The van der Waals surface area contributed by atoms with Gasteiger partial charge in [-0.25, -0.2) is 30.4 Å². The van der Waals surface area contributed by atoms with Crippen molar-refractivity contribution in [3.05, 3.63) is 29.1 Å². The van der Waals surface area contributed by atoms with Crippen LogP contribution >= 0.6 is 0 Å². The normalized spacial score (nSPS) is 11.9. The number of quaternary nitrogens is 1. The number of hydrogen-bond donors (Lipinski definition) is 0. The van der Waals surface area contributed by atoms with E-state index in [4.69, 9.17) is 0 Å². The summed E-state index contributed by atoms with van der Waals surface area (Å²) in [6.07, 6.45) is 14.1. The molecule has 0 bridgehead atoms. The Balaban J connectivity index is 0.000000604. The average molecular weight is 490 g/mol. The third kappa shape index (κ3) is 11.0. The molecule has 0 aliphatic carbocycles. The molecule has 0 atom stereocenters. The van der Waals surface area contributed by atoms with E-state index in [2.05, 4.69) is 27.9 Å². The first-order valence-electron chi connectivity index (χ1n) is 11.1. The van der Waals surface area contributed by atoms with E-state index in [-0.39, 0.29) is 0 Å². The molecule has 1 aromatic carbocycles. The van der Waals surface area contributed by atoms with Crippen LogP contribution in [-0.4, -0.2) is 44.6 Å². The predicted octanol–water partition coefficient (Wildman–Crippen LogP) is 6.29. The zero-order valence-electron chi connectivity index (χ0n) is 19.5. The first-order chi connectivity index (χ1) is 14.8. The summed E-state index contributed by atoms with van der Waals surface area (Å²) in [6, 6.07) is 0. The molecule has 10 heteroatoms. The van der Waals surface area contributed by atoms with Gasteiger partial charge in [-0.15, -0.1) is 0 Å². The summed E-state index contributed by atoms with van der Waals surface area (Å²) >= 11 is 0. The minimum absolute atomic E-state index is 1.23. The van der Waals surface area contributed by atoms with E-state index >= 15 is 0 Å². The molecule has 0 heterocycles. The number of unbranched alkanes of at least 4 members (excludes halogenated alkanes) is 8. The van der Waals surface area contributed by atoms with Crippen molar-refractivity contribution < 1.29 is 39.4 Å². The van der Waals surface area contributed by atoms with E-state index in [1.807, 2.05) is 0 Å². The predicted molar refractivity (Wildman–Crippen MR) is 114 cm³/mol. The summed E-state index contributed by atoms with van der Waals surface area (Å²) in [5, 5.41) is 0. The standard InChI is InChI=1S/C16H36N.C6HF5O3S/c1-5-7-9-11-12-14-16-17(3,4)15-13-10-8-6-2;7-1-2(8)4(10)6(15(12,13)14)5(11)3(1)9/h5-16H2,1-4H3;(H,12,13,14)/q+1;/p-1. The lowest BCUT2D eigenvalue weighted by Crippen LogP contribution is -2.41. The Morgan fingerprint density at radius 3 is 1.31 bits per heavy atom. The molecule has 0 radical (unpaired) electrons. The molecule has 0 fully saturated rings. The number of halogens is 5. The Bertz CT molecular complexity index is 772. The highest BCUT2D eigenvalue weighted by atomic mass is 32.2. The van der Waals surface area contributed by atoms with Crippen molar-refractivity contribution in [1.29, 1.82) is 0 Å². The van der Waals surface area contributed by atoms with Crippen LogP contribution in [0.2, 0.25) is 0 Å². The van der Waals surface area contributed by atoms with Gasteiger partial charge in [0.05, 0.1) is 27.2 Å². The molecule has 32 heavy (non-hydrogen) atoms. The van der Waals surface area contributed by atoms with Gasteiger partial charge in [-0.05, 0) is 25.7 Å². The first-order valence-corrected chi connectivity index (χ1v) is 12.5. The molecule has 1 rings (SSSR count). The number of rotatable bonds is 13. The lowest BCUT2D eigenvalue weighted by Gasteiger charge is -2.30. The van der Waals surface area contributed by atoms with Crippen molar-refractivity contribution in [2.75, 3.05) is 27.2 Å². The van der Waals surface area contributed by atoms with Crippen LogP contribution in [-0.2, 0) is 10.1 Å². The first kappa shape index (κ1) is 30.7. The SMILES string of the molecule is CCCCCCCC[N+](C)(C)CCCCCC.O=S(=O)([O-])c1c(F)c(F)c(F)c(F)c1F. The van der Waals surface area contributed by atoms with Crippen molar-refractivity contribution >= 4 is 10.1 Å². The molecule has 0 unspecified atom stereocenters. The van der Waals surface area contributed by atoms with Crippen LogP contribution in [0.4, 0.5) is 22.0 Å². The van der Waals surface area contributed by atoms with E-state index in [9.17, 15) is 34.9 Å². The summed E-state index contributed by atoms with van der Waals surface area (Å²) in [4.78, 5) is -2.38. The molecule has 0 aromatic heterocycles. The summed E-state index contributed by atoms with van der Waals surface area (Å²) in [7, 11) is -0.971. The second-order valence-corrected chi connectivity index (χ2v) is 9.88. The van der Waals surface area contributed by atoms with Gasteiger partial charge in [-0.1, -0.05) is 52.4 Å². The molecule has 0 aliphatic rings. The highest BCUT2D eigenvalue weighted by Crippen LogP contribution is 2.26. The molecule has 1 aromatic rings. The molecule has 0 aliphatic heterocycles. The van der Waals surface area contributed by atoms with Gasteiger partial charge in [0.25, 0.3) is 0 Å². The van der Waals surface area contributed by atoms with Crippen LogP contribution in [0.5, 0.6) is 0 Å². The smallest absolute Gasteiger partial charge is 0.200 e. The monoisotopic (exact) mass is 489 g/mol. The van der Waals surface area contributed by atoms with Gasteiger partial charge in [0.15, 0.2) is 23.3 Å². The minimum Gasteiger partial charge on any atom is -0.744 e. The Kier molecular flexibility index (Phi) is 14.2. The van der Waals surface area contributed by atoms with Gasteiger partial charge in [0.2, 0.25) is 5.82 Å². The molecule has 0 saturated carbocycles. The van der Waals surface area contributed by atoms with Crippen LogP contribution in [0.1, 0.15) is 78.1 Å². The van der Waals surface area contributed by atoms with Gasteiger partial charge in [0.1, 0.15) is 15.0 Å². The molecular formula is C22H36F5NO3S. The molecular weight excluding hydrogens is 453 g/mol. The fourth-order valence-corrected chi connectivity index (χ4v) is 3.82. The second-order valence-electron chi connectivity index (χ2n) is 8.56. The summed E-state index contributed by atoms with van der Waals surface area (Å²) in [5.74, 6) is -12.8. The Hall–Kier alpha value is -1.26. The summed E-state index contributed by atoms with van der Waals surface area (Å²) < 4.78 is 94.1. The topological polar surface area (TPSA) is 57.2 Å². The van der Waals surface area contributed by atoms with Gasteiger partial charge in [-0.2, -0.15) is 0 Å². The maximum absolute atomic E-state index is 12.6. The molecule has 0 saturated heterocycles. The third-order valence-corrected chi connectivity index (χ3v) is 6.01. The van der Waals surface area contributed by atoms with E-state index in [0.717, 1.165) is 0 Å². The second kappa shape index (κ2) is 14.8. The molecule has 188 valence electrons. The van der Waals surface area contributed by atoms with Crippen LogP contribution in [0.25, 0.3) is 0 Å². The van der Waals surface area contributed by atoms with Crippen molar-refractivity contribution in [2.24, 2.45) is 0 Å². The molecule has 0 spiro atoms. The largest absolute Gasteiger partial charge is 0.744 e. The molecule has 0 amide bonds. The Morgan fingerprint density at radius 1 is 0.625 bits per heavy atom. The van der Waals surface area contributed by atoms with E-state index in [0.29, 0.717) is 0 Å². The van der Waals surface area contributed by atoms with Gasteiger partial charge in [-0.3, -0.25) is 0 Å². The maximum atomic E-state index is 12.6. The van der Waals surface area contributed by atoms with E-state index in [1.165, 1.54) is 81.8 Å². The van der Waals surface area contributed by atoms with Crippen molar-refractivity contribution in [1.82, 2.24) is 0 Å². The highest BCUT2D eigenvalue weighted by molar-refractivity contribution is 7.85. The highest BCUT2D eigenvalue weighted by Gasteiger charge is 2.28. The third-order valence-electron chi connectivity index (χ3n) is 5.15. The van der Waals surface area contributed by atoms with Crippen molar-refractivity contribution in [3.63, 3.8) is 0 Å². The van der Waals surface area contributed by atoms with E-state index in [1.54, 1.807) is 0 Å². The van der Waals surface area contributed by atoms with Gasteiger partial charge < -0.3 is 9.04 Å². The minimum atomic E-state index is -5.77. The molecule has 4 nitrogen and oxygen atoms in total. The Morgan fingerprint density at radius 2 is 0.938 bits per heavy atom. The van der Waals surface area contributed by atoms with Crippen LogP contribution in [0, 0.1) is 29.1 Å². The van der Waals surface area contributed by atoms with Gasteiger partial charge in [0, 0.05) is 0 Å². The van der Waals surface area contributed by atoms with Crippen LogP contribution < -0.4 is 0 Å². The van der Waals surface area contributed by atoms with Crippen LogP contribution in [0.3, 0.4) is 0 Å². The zero-order valence-corrected chi connectivity index (χ0v) is 20.3. The summed E-state index contributed by atoms with van der Waals surface area (Å²) in [6.45, 7) is 7.32. The summed E-state index contributed by atoms with van der Waals surface area (Å²) in [5.41, 5.74) is 0. The lowest BCUT2D eigenvalue weighted by atomic mass is 10.1. The zero-order chi connectivity index (χ0) is 24.9. The van der Waals surface area contributed by atoms with E-state index < -0.39 is 44.1 Å². The van der Waals surface area contributed by atoms with Crippen LogP contribution in [0.15, 0.2) is 4.90 Å². The lowest BCUT2D eigenvalue weighted by molar-refractivity contribution is -0.890. The maximum Gasteiger partial charge on any atom is 0.200 e. The van der Waals surface area contributed by atoms with Crippen molar-refractivity contribution in [3.8, 4) is 0 Å². The quantitative estimate of drug-likeness (QED) is 0.0817. The number of benzene rings is 1. The fourth-order valence-electron chi connectivity index (χ4n) is 3.20. The molecule has 0 N–H and O–H groups in total. The number of hydrogen-bond acceptors (Lipinski definition) is 3. The fraction of sp³-hybridized carbons (Fsp3) is 0.727. The van der Waals surface area contributed by atoms with Gasteiger partial charge >= 0.3 is 0 Å². The van der Waals surface area contributed by atoms with Crippen molar-refractivity contribution in [2.45, 2.75) is 83.0 Å². The average Bonchev–Trinajstić information content (AvgIpc) is 2.70.